The first-order valence-electron chi connectivity index (χ1n) is 4.70. The highest BCUT2D eigenvalue weighted by molar-refractivity contribution is 9.10. The Morgan fingerprint density at radius 3 is 2.94 bits per heavy atom. The Morgan fingerprint density at radius 2 is 2.19 bits per heavy atom. The lowest BCUT2D eigenvalue weighted by Gasteiger charge is -1.96. The quantitative estimate of drug-likeness (QED) is 0.636. The monoisotopic (exact) mass is 294 g/mol. The van der Waals surface area contributed by atoms with Crippen molar-refractivity contribution in [1.29, 1.82) is 0 Å². The maximum absolute atomic E-state index is 5.62. The van der Waals surface area contributed by atoms with Crippen LogP contribution in [0.15, 0.2) is 32.9 Å². The number of hydrogen-bond acceptors (Lipinski definition) is 4. The highest BCUT2D eigenvalue weighted by Crippen LogP contribution is 2.36. The second-order valence-electron chi connectivity index (χ2n) is 3.40. The van der Waals surface area contributed by atoms with Gasteiger partial charge in [0, 0.05) is 10.9 Å². The highest BCUT2D eigenvalue weighted by atomic mass is 79.9. The summed E-state index contributed by atoms with van der Waals surface area (Å²) in [7, 11) is 0. The van der Waals surface area contributed by atoms with Gasteiger partial charge in [-0.2, -0.15) is 0 Å². The molecular weight excluding hydrogens is 288 g/mol. The molecule has 3 aromatic heterocycles. The Balaban J connectivity index is 2.32. The first-order chi connectivity index (χ1) is 7.75. The molecule has 0 saturated carbocycles. The predicted molar refractivity (Wildman–Crippen MR) is 67.6 cm³/mol. The summed E-state index contributed by atoms with van der Waals surface area (Å²) in [6.45, 7) is 1.93. The lowest BCUT2D eigenvalue weighted by atomic mass is 10.2. The maximum atomic E-state index is 5.62. The number of rotatable bonds is 1. The number of nitrogens with zero attached hydrogens (tertiary/aromatic N) is 2. The van der Waals surface area contributed by atoms with Crippen molar-refractivity contribution in [3.05, 3.63) is 34.2 Å². The molecule has 0 aromatic carbocycles. The van der Waals surface area contributed by atoms with Gasteiger partial charge in [-0.1, -0.05) is 0 Å². The van der Waals surface area contributed by atoms with E-state index < -0.39 is 0 Å². The van der Waals surface area contributed by atoms with E-state index >= 15 is 0 Å². The van der Waals surface area contributed by atoms with Gasteiger partial charge in [0.1, 0.15) is 27.3 Å². The number of fused-ring (bicyclic) bond motifs is 1. The average Bonchev–Trinajstić information content (AvgIpc) is 2.84. The summed E-state index contributed by atoms with van der Waals surface area (Å²) in [6, 6.07) is 3.92. The normalized spacial score (nSPS) is 11.1. The summed E-state index contributed by atoms with van der Waals surface area (Å²) in [5, 5.41) is 3.06. The van der Waals surface area contributed by atoms with Crippen LogP contribution in [0.2, 0.25) is 0 Å². The molecule has 0 aliphatic rings. The van der Waals surface area contributed by atoms with E-state index in [0.717, 1.165) is 31.9 Å². The zero-order valence-corrected chi connectivity index (χ0v) is 10.8. The Labute approximate surface area is 104 Å². The van der Waals surface area contributed by atoms with E-state index in [4.69, 9.17) is 4.42 Å². The minimum absolute atomic E-state index is 0.808. The largest absolute Gasteiger partial charge is 0.461 e. The van der Waals surface area contributed by atoms with Gasteiger partial charge < -0.3 is 4.42 Å². The van der Waals surface area contributed by atoms with Crippen LogP contribution in [0, 0.1) is 6.92 Å². The van der Waals surface area contributed by atoms with Crippen molar-refractivity contribution in [3.8, 4) is 11.3 Å². The van der Waals surface area contributed by atoms with E-state index in [9.17, 15) is 0 Å². The maximum Gasteiger partial charge on any atom is 0.135 e. The van der Waals surface area contributed by atoms with Crippen molar-refractivity contribution in [2.45, 2.75) is 6.92 Å². The van der Waals surface area contributed by atoms with Crippen LogP contribution < -0.4 is 0 Å². The van der Waals surface area contributed by atoms with Gasteiger partial charge in [0.15, 0.2) is 0 Å². The van der Waals surface area contributed by atoms with E-state index in [2.05, 4.69) is 25.9 Å². The number of aryl methyl sites for hydroxylation is 1. The molecule has 0 saturated heterocycles. The fourth-order valence-electron chi connectivity index (χ4n) is 1.60. The third-order valence-electron chi connectivity index (χ3n) is 2.33. The van der Waals surface area contributed by atoms with Gasteiger partial charge in [-0.05, 0) is 35.0 Å². The zero-order valence-electron chi connectivity index (χ0n) is 8.40. The number of aromatic nitrogens is 2. The van der Waals surface area contributed by atoms with E-state index in [0.29, 0.717) is 0 Å². The molecule has 0 aliphatic carbocycles. The average molecular weight is 295 g/mol. The van der Waals surface area contributed by atoms with Gasteiger partial charge in [0.05, 0.1) is 5.39 Å². The number of thiophene rings is 1. The Kier molecular flexibility index (Phi) is 2.29. The van der Waals surface area contributed by atoms with Crippen molar-refractivity contribution in [3.63, 3.8) is 0 Å². The smallest absolute Gasteiger partial charge is 0.135 e. The summed E-state index contributed by atoms with van der Waals surface area (Å²) < 4.78 is 6.43. The van der Waals surface area contributed by atoms with Crippen LogP contribution in [0.25, 0.3) is 21.5 Å². The van der Waals surface area contributed by atoms with Crippen LogP contribution in [-0.4, -0.2) is 9.97 Å². The fourth-order valence-corrected chi connectivity index (χ4v) is 3.12. The van der Waals surface area contributed by atoms with Crippen LogP contribution in [0.5, 0.6) is 0 Å². The molecule has 0 spiro atoms. The van der Waals surface area contributed by atoms with Gasteiger partial charge in [-0.25, -0.2) is 9.97 Å². The molecule has 0 radical (unpaired) electrons. The molecule has 0 atom stereocenters. The zero-order chi connectivity index (χ0) is 11.1. The number of halogens is 1. The van der Waals surface area contributed by atoms with Gasteiger partial charge in [0.2, 0.25) is 0 Å². The molecule has 0 unspecified atom stereocenters. The lowest BCUT2D eigenvalue weighted by molar-refractivity contribution is 0.549. The van der Waals surface area contributed by atoms with Gasteiger partial charge in [0.25, 0.3) is 0 Å². The Morgan fingerprint density at radius 1 is 1.31 bits per heavy atom. The fraction of sp³-hybridized carbons (Fsp3) is 0.0909. The van der Waals surface area contributed by atoms with Crippen LogP contribution in [-0.2, 0) is 0 Å². The Hall–Kier alpha value is -1.20. The molecule has 3 nitrogen and oxygen atoms in total. The molecule has 0 amide bonds. The first kappa shape index (κ1) is 9.99. The summed E-state index contributed by atoms with van der Waals surface area (Å²) in [6.07, 6.45) is 1.56. The molecular formula is C11H7BrN2OS. The number of furan rings is 1. The molecule has 80 valence electrons. The highest BCUT2D eigenvalue weighted by Gasteiger charge is 2.13. The third kappa shape index (κ3) is 1.47. The van der Waals surface area contributed by atoms with Gasteiger partial charge in [-0.3, -0.25) is 0 Å². The minimum atomic E-state index is 0.808. The predicted octanol–water partition coefficient (Wildman–Crippen LogP) is 4.02. The summed E-state index contributed by atoms with van der Waals surface area (Å²) in [5.41, 5.74) is 1.04. The Bertz CT molecular complexity index is 659. The van der Waals surface area contributed by atoms with E-state index in [-0.39, 0.29) is 0 Å². The summed E-state index contributed by atoms with van der Waals surface area (Å²) >= 11 is 5.04. The second kappa shape index (κ2) is 3.68. The summed E-state index contributed by atoms with van der Waals surface area (Å²) in [4.78, 5) is 9.34. The third-order valence-corrected chi connectivity index (χ3v) is 3.82. The topological polar surface area (TPSA) is 38.9 Å². The summed E-state index contributed by atoms with van der Waals surface area (Å²) in [5.74, 6) is 1.77. The van der Waals surface area contributed by atoms with Crippen molar-refractivity contribution < 1.29 is 4.42 Å². The van der Waals surface area contributed by atoms with Crippen molar-refractivity contribution in [2.24, 2.45) is 0 Å². The molecule has 0 N–H and O–H groups in total. The van der Waals surface area contributed by atoms with Gasteiger partial charge in [-0.15, -0.1) is 11.3 Å². The minimum Gasteiger partial charge on any atom is -0.461 e. The standard InChI is InChI=1S/C11H7BrN2OS/c1-6-2-3-8(15-6)7-4-16-11-9(7)10(12)13-5-14-11/h2-5H,1H3. The number of hydrogen-bond donors (Lipinski definition) is 0. The van der Waals surface area contributed by atoms with Crippen LogP contribution >= 0.6 is 27.3 Å². The van der Waals surface area contributed by atoms with Crippen molar-refractivity contribution in [1.82, 2.24) is 9.97 Å². The van der Waals surface area contributed by atoms with Crippen LogP contribution in [0.1, 0.15) is 5.76 Å². The van der Waals surface area contributed by atoms with E-state index in [1.807, 2.05) is 24.4 Å². The van der Waals surface area contributed by atoms with Crippen LogP contribution in [0.3, 0.4) is 0 Å². The lowest BCUT2D eigenvalue weighted by Crippen LogP contribution is -1.80. The van der Waals surface area contributed by atoms with Crippen molar-refractivity contribution in [2.75, 3.05) is 0 Å². The molecule has 0 aliphatic heterocycles. The molecule has 3 heterocycles. The molecule has 3 aromatic rings. The van der Waals surface area contributed by atoms with Crippen molar-refractivity contribution >= 4 is 37.5 Å². The molecule has 0 fully saturated rings. The van der Waals surface area contributed by atoms with Gasteiger partial charge >= 0.3 is 0 Å². The molecule has 16 heavy (non-hydrogen) atoms. The molecule has 0 bridgehead atoms. The SMILES string of the molecule is Cc1ccc(-c2csc3ncnc(Br)c23)o1. The van der Waals surface area contributed by atoms with E-state index in [1.54, 1.807) is 17.7 Å². The van der Waals surface area contributed by atoms with Crippen LogP contribution in [0.4, 0.5) is 0 Å². The van der Waals surface area contributed by atoms with E-state index in [1.165, 1.54) is 0 Å². The first-order valence-corrected chi connectivity index (χ1v) is 6.37. The molecule has 5 heteroatoms. The molecule has 3 rings (SSSR count). The second-order valence-corrected chi connectivity index (χ2v) is 5.01.